The van der Waals surface area contributed by atoms with Crippen molar-refractivity contribution in [2.45, 2.75) is 40.2 Å². The van der Waals surface area contributed by atoms with Crippen LogP contribution in [-0.2, 0) is 0 Å². The largest absolute Gasteiger partial charge is 0.369 e. The molecule has 0 amide bonds. The molecule has 1 nitrogen and oxygen atoms in total. The van der Waals surface area contributed by atoms with Gasteiger partial charge in [0.05, 0.1) is 0 Å². The molecule has 0 aliphatic rings. The Balaban J connectivity index is 2.89. The number of hydrogen-bond acceptors (Lipinski definition) is 1. The summed E-state index contributed by atoms with van der Waals surface area (Å²) in [5.74, 6) is 0. The van der Waals surface area contributed by atoms with Gasteiger partial charge < -0.3 is 4.90 Å². The smallest absolute Gasteiger partial charge is 0.0371 e. The Morgan fingerprint density at radius 3 is 2.50 bits per heavy atom. The topological polar surface area (TPSA) is 3.24 Å². The monoisotopic (exact) mass is 191 g/mol. The first-order valence-electron chi connectivity index (χ1n) is 5.52. The molecule has 0 aliphatic heterocycles. The van der Waals surface area contributed by atoms with Gasteiger partial charge in [0.15, 0.2) is 0 Å². The van der Waals surface area contributed by atoms with Crippen LogP contribution in [0.3, 0.4) is 0 Å². The number of rotatable bonds is 4. The van der Waals surface area contributed by atoms with Crippen molar-refractivity contribution in [3.63, 3.8) is 0 Å². The highest BCUT2D eigenvalue weighted by molar-refractivity contribution is 5.49. The van der Waals surface area contributed by atoms with Crippen molar-refractivity contribution in [3.05, 3.63) is 29.8 Å². The molecule has 0 aliphatic carbocycles. The van der Waals surface area contributed by atoms with Crippen LogP contribution in [0.25, 0.3) is 0 Å². The van der Waals surface area contributed by atoms with E-state index in [2.05, 4.69) is 56.9 Å². The molecule has 0 radical (unpaired) electrons. The molecule has 0 saturated heterocycles. The van der Waals surface area contributed by atoms with Gasteiger partial charge in [0.2, 0.25) is 0 Å². The van der Waals surface area contributed by atoms with Crippen LogP contribution in [0.15, 0.2) is 24.3 Å². The minimum atomic E-state index is 0.627. The van der Waals surface area contributed by atoms with Gasteiger partial charge in [-0.15, -0.1) is 0 Å². The van der Waals surface area contributed by atoms with Gasteiger partial charge in [-0.05, 0) is 44.9 Å². The second-order valence-electron chi connectivity index (χ2n) is 3.88. The molecule has 0 spiro atoms. The maximum atomic E-state index is 2.45. The van der Waals surface area contributed by atoms with Crippen LogP contribution >= 0.6 is 0 Å². The third kappa shape index (κ3) is 2.50. The fourth-order valence-electron chi connectivity index (χ4n) is 1.78. The number of anilines is 1. The number of hydrogen-bond donors (Lipinski definition) is 0. The molecule has 1 rings (SSSR count). The van der Waals surface area contributed by atoms with Crippen molar-refractivity contribution in [3.8, 4) is 0 Å². The van der Waals surface area contributed by atoms with E-state index in [0.717, 1.165) is 6.54 Å². The summed E-state index contributed by atoms with van der Waals surface area (Å²) in [7, 11) is 0. The number of aryl methyl sites for hydroxylation is 1. The predicted octanol–water partition coefficient (Wildman–Crippen LogP) is 3.62. The minimum absolute atomic E-state index is 0.627. The molecule has 78 valence electrons. The summed E-state index contributed by atoms with van der Waals surface area (Å²) >= 11 is 0. The first-order chi connectivity index (χ1) is 6.69. The van der Waals surface area contributed by atoms with E-state index in [4.69, 9.17) is 0 Å². The zero-order valence-electron chi connectivity index (χ0n) is 9.75. The van der Waals surface area contributed by atoms with Gasteiger partial charge in [-0.3, -0.25) is 0 Å². The van der Waals surface area contributed by atoms with E-state index < -0.39 is 0 Å². The summed E-state index contributed by atoms with van der Waals surface area (Å²) in [6.45, 7) is 9.97. The molecular weight excluding hydrogens is 170 g/mol. The lowest BCUT2D eigenvalue weighted by molar-refractivity contribution is 0.630. The summed E-state index contributed by atoms with van der Waals surface area (Å²) in [6.07, 6.45) is 1.20. The number of benzene rings is 1. The van der Waals surface area contributed by atoms with Crippen molar-refractivity contribution in [1.29, 1.82) is 0 Å². The Hall–Kier alpha value is -0.980. The maximum Gasteiger partial charge on any atom is 0.0371 e. The molecule has 1 aromatic carbocycles. The van der Waals surface area contributed by atoms with Crippen LogP contribution in [0.5, 0.6) is 0 Å². The Labute approximate surface area is 87.7 Å². The maximum absolute atomic E-state index is 2.45. The van der Waals surface area contributed by atoms with Crippen molar-refractivity contribution in [2.24, 2.45) is 0 Å². The van der Waals surface area contributed by atoms with E-state index in [1.165, 1.54) is 17.7 Å². The fraction of sp³-hybridized carbons (Fsp3) is 0.538. The zero-order chi connectivity index (χ0) is 10.6. The highest BCUT2D eigenvalue weighted by Gasteiger charge is 2.10. The lowest BCUT2D eigenvalue weighted by Gasteiger charge is -2.29. The first kappa shape index (κ1) is 11.1. The first-order valence-corrected chi connectivity index (χ1v) is 5.52. The lowest BCUT2D eigenvalue weighted by atomic mass is 10.1. The predicted molar refractivity (Wildman–Crippen MR) is 64.0 cm³/mol. The third-order valence-corrected chi connectivity index (χ3v) is 2.80. The summed E-state index contributed by atoms with van der Waals surface area (Å²) in [4.78, 5) is 2.45. The van der Waals surface area contributed by atoms with Crippen LogP contribution in [0.4, 0.5) is 5.69 Å². The van der Waals surface area contributed by atoms with Crippen LogP contribution in [-0.4, -0.2) is 12.6 Å². The van der Waals surface area contributed by atoms with Gasteiger partial charge in [0.1, 0.15) is 0 Å². The Morgan fingerprint density at radius 1 is 1.29 bits per heavy atom. The molecular formula is C13H21N. The number of nitrogens with zero attached hydrogens (tertiary/aromatic N) is 1. The standard InChI is InChI=1S/C13H21N/c1-5-12(4)14(6-2)13-9-7-8-11(3)10-13/h7-10,12H,5-6H2,1-4H3. The van der Waals surface area contributed by atoms with Gasteiger partial charge in [-0.1, -0.05) is 19.1 Å². The molecule has 0 aromatic heterocycles. The van der Waals surface area contributed by atoms with E-state index in [9.17, 15) is 0 Å². The highest BCUT2D eigenvalue weighted by atomic mass is 15.1. The second kappa shape index (κ2) is 5.04. The molecule has 1 unspecified atom stereocenters. The zero-order valence-corrected chi connectivity index (χ0v) is 9.75. The van der Waals surface area contributed by atoms with Crippen molar-refractivity contribution < 1.29 is 0 Å². The van der Waals surface area contributed by atoms with E-state index in [1.54, 1.807) is 0 Å². The third-order valence-electron chi connectivity index (χ3n) is 2.80. The molecule has 1 aromatic rings. The van der Waals surface area contributed by atoms with Gasteiger partial charge >= 0.3 is 0 Å². The lowest BCUT2D eigenvalue weighted by Crippen LogP contribution is -2.32. The van der Waals surface area contributed by atoms with Gasteiger partial charge in [0.25, 0.3) is 0 Å². The molecule has 0 heterocycles. The molecule has 0 N–H and O–H groups in total. The minimum Gasteiger partial charge on any atom is -0.369 e. The average Bonchev–Trinajstić information content (AvgIpc) is 2.19. The van der Waals surface area contributed by atoms with Crippen molar-refractivity contribution >= 4 is 5.69 Å². The van der Waals surface area contributed by atoms with Crippen LogP contribution in [0.2, 0.25) is 0 Å². The normalized spacial score (nSPS) is 12.6. The summed E-state index contributed by atoms with van der Waals surface area (Å²) in [5.41, 5.74) is 2.69. The van der Waals surface area contributed by atoms with Crippen LogP contribution < -0.4 is 4.90 Å². The SMILES string of the molecule is CCC(C)N(CC)c1cccc(C)c1. The molecule has 14 heavy (non-hydrogen) atoms. The summed E-state index contributed by atoms with van der Waals surface area (Å²) < 4.78 is 0. The Morgan fingerprint density at radius 2 is 2.00 bits per heavy atom. The Bertz CT molecular complexity index is 280. The molecule has 0 fully saturated rings. The molecule has 0 bridgehead atoms. The highest BCUT2D eigenvalue weighted by Crippen LogP contribution is 2.19. The van der Waals surface area contributed by atoms with Crippen molar-refractivity contribution in [1.82, 2.24) is 0 Å². The van der Waals surface area contributed by atoms with Gasteiger partial charge in [-0.2, -0.15) is 0 Å². The van der Waals surface area contributed by atoms with E-state index in [1.807, 2.05) is 0 Å². The quantitative estimate of drug-likeness (QED) is 0.702. The fourth-order valence-corrected chi connectivity index (χ4v) is 1.78. The van der Waals surface area contributed by atoms with Gasteiger partial charge in [0, 0.05) is 18.3 Å². The van der Waals surface area contributed by atoms with Gasteiger partial charge in [-0.25, -0.2) is 0 Å². The summed E-state index contributed by atoms with van der Waals surface area (Å²) in [6, 6.07) is 9.36. The molecule has 0 saturated carbocycles. The summed E-state index contributed by atoms with van der Waals surface area (Å²) in [5, 5.41) is 0. The average molecular weight is 191 g/mol. The van der Waals surface area contributed by atoms with E-state index in [0.29, 0.717) is 6.04 Å². The van der Waals surface area contributed by atoms with Crippen LogP contribution in [0, 0.1) is 6.92 Å². The van der Waals surface area contributed by atoms with E-state index >= 15 is 0 Å². The Kier molecular flexibility index (Phi) is 3.99. The second-order valence-corrected chi connectivity index (χ2v) is 3.88. The molecule has 1 heteroatoms. The van der Waals surface area contributed by atoms with Crippen molar-refractivity contribution in [2.75, 3.05) is 11.4 Å². The molecule has 1 atom stereocenters. The van der Waals surface area contributed by atoms with E-state index in [-0.39, 0.29) is 0 Å². The van der Waals surface area contributed by atoms with Crippen LogP contribution in [0.1, 0.15) is 32.8 Å².